The zero-order valence-corrected chi connectivity index (χ0v) is 14.8. The molecule has 2 aromatic heterocycles. The molecule has 0 aliphatic carbocycles. The topological polar surface area (TPSA) is 45.5 Å². The number of hydrogen-bond donors (Lipinski definition) is 1. The molecule has 0 atom stereocenters. The summed E-state index contributed by atoms with van der Waals surface area (Å²) in [6.45, 7) is 6.44. The van der Waals surface area contributed by atoms with Crippen LogP contribution in [0.4, 0.5) is 5.13 Å². The van der Waals surface area contributed by atoms with Crippen molar-refractivity contribution in [1.82, 2.24) is 19.5 Å². The highest BCUT2D eigenvalue weighted by Gasteiger charge is 2.19. The van der Waals surface area contributed by atoms with Gasteiger partial charge in [-0.15, -0.1) is 5.10 Å². The minimum Gasteiger partial charge on any atom is -0.360 e. The van der Waals surface area contributed by atoms with Gasteiger partial charge in [0.05, 0.1) is 11.9 Å². The minimum absolute atomic E-state index is 0.731. The van der Waals surface area contributed by atoms with E-state index in [1.165, 1.54) is 31.5 Å². The summed E-state index contributed by atoms with van der Waals surface area (Å²) in [5.74, 6) is 0.731. The van der Waals surface area contributed by atoms with Crippen molar-refractivity contribution in [3.05, 3.63) is 47.8 Å². The molecule has 1 aliphatic rings. The number of aryl methyl sites for hydroxylation is 1. The lowest BCUT2D eigenvalue weighted by Crippen LogP contribution is -2.35. The van der Waals surface area contributed by atoms with Crippen LogP contribution in [0, 0.1) is 12.8 Å². The Bertz CT molecular complexity index is 755. The van der Waals surface area contributed by atoms with Crippen LogP contribution in [0.3, 0.4) is 0 Å². The van der Waals surface area contributed by atoms with Crippen LogP contribution in [0.25, 0.3) is 4.96 Å². The smallest absolute Gasteiger partial charge is 0.214 e. The Morgan fingerprint density at radius 2 is 2.00 bits per heavy atom. The van der Waals surface area contributed by atoms with Gasteiger partial charge in [0.15, 0.2) is 0 Å². The van der Waals surface area contributed by atoms with E-state index in [2.05, 4.69) is 50.6 Å². The summed E-state index contributed by atoms with van der Waals surface area (Å²) in [5, 5.41) is 9.02. The van der Waals surface area contributed by atoms with Gasteiger partial charge in [-0.3, -0.25) is 4.90 Å². The fraction of sp³-hybridized carbons (Fsp3) is 0.444. The number of piperidine rings is 1. The summed E-state index contributed by atoms with van der Waals surface area (Å²) >= 11 is 1.63. The SMILES string of the molecule is Cc1cn2nc(NCC3CCN(Cc4ccccc4)CC3)sc2n1. The first kappa shape index (κ1) is 15.6. The lowest BCUT2D eigenvalue weighted by atomic mass is 9.96. The van der Waals surface area contributed by atoms with Crippen molar-refractivity contribution in [3.8, 4) is 0 Å². The second kappa shape index (κ2) is 6.91. The van der Waals surface area contributed by atoms with Gasteiger partial charge in [0, 0.05) is 13.1 Å². The molecule has 3 aromatic rings. The van der Waals surface area contributed by atoms with E-state index in [9.17, 15) is 0 Å². The Balaban J connectivity index is 1.25. The first-order valence-corrected chi connectivity index (χ1v) is 9.41. The number of anilines is 1. The molecular formula is C18H23N5S. The monoisotopic (exact) mass is 341 g/mol. The average molecular weight is 341 g/mol. The summed E-state index contributed by atoms with van der Waals surface area (Å²) < 4.78 is 1.87. The van der Waals surface area contributed by atoms with E-state index in [1.54, 1.807) is 11.3 Å². The maximum Gasteiger partial charge on any atom is 0.214 e. The number of fused-ring (bicyclic) bond motifs is 1. The lowest BCUT2D eigenvalue weighted by Gasteiger charge is -2.32. The number of nitrogens with zero attached hydrogens (tertiary/aromatic N) is 4. The molecule has 3 heterocycles. The molecular weight excluding hydrogens is 318 g/mol. The summed E-state index contributed by atoms with van der Waals surface area (Å²) in [4.78, 5) is 7.98. The molecule has 0 unspecified atom stereocenters. The zero-order chi connectivity index (χ0) is 16.4. The Morgan fingerprint density at radius 3 is 2.75 bits per heavy atom. The van der Waals surface area contributed by atoms with Gasteiger partial charge in [0.1, 0.15) is 0 Å². The van der Waals surface area contributed by atoms with E-state index in [4.69, 9.17) is 0 Å². The van der Waals surface area contributed by atoms with Gasteiger partial charge in [-0.2, -0.15) is 0 Å². The third-order valence-corrected chi connectivity index (χ3v) is 5.54. The molecule has 24 heavy (non-hydrogen) atoms. The predicted molar refractivity (Wildman–Crippen MR) is 98.5 cm³/mol. The lowest BCUT2D eigenvalue weighted by molar-refractivity contribution is 0.182. The first-order chi connectivity index (χ1) is 11.8. The average Bonchev–Trinajstić information content (AvgIpc) is 3.12. The minimum atomic E-state index is 0.731. The van der Waals surface area contributed by atoms with Crippen LogP contribution in [0.5, 0.6) is 0 Å². The van der Waals surface area contributed by atoms with Crippen LogP contribution < -0.4 is 5.32 Å². The van der Waals surface area contributed by atoms with Crippen molar-refractivity contribution in [2.75, 3.05) is 25.0 Å². The van der Waals surface area contributed by atoms with Crippen LogP contribution in [0.15, 0.2) is 36.5 Å². The summed E-state index contributed by atoms with van der Waals surface area (Å²) in [5.41, 5.74) is 2.43. The van der Waals surface area contributed by atoms with E-state index in [-0.39, 0.29) is 0 Å². The largest absolute Gasteiger partial charge is 0.360 e. The number of aromatic nitrogens is 3. The molecule has 126 valence electrons. The Morgan fingerprint density at radius 1 is 1.21 bits per heavy atom. The quantitative estimate of drug-likeness (QED) is 0.772. The first-order valence-electron chi connectivity index (χ1n) is 8.59. The van der Waals surface area contributed by atoms with Crippen LogP contribution in [0.1, 0.15) is 24.1 Å². The second-order valence-corrected chi connectivity index (χ2v) is 7.56. The second-order valence-electron chi connectivity index (χ2n) is 6.60. The summed E-state index contributed by atoms with van der Waals surface area (Å²) in [6, 6.07) is 10.8. The molecule has 4 rings (SSSR count). The number of likely N-dealkylation sites (tertiary alicyclic amines) is 1. The van der Waals surface area contributed by atoms with Gasteiger partial charge in [0.2, 0.25) is 10.1 Å². The molecule has 1 aromatic carbocycles. The van der Waals surface area contributed by atoms with E-state index in [0.717, 1.165) is 34.8 Å². The van der Waals surface area contributed by atoms with E-state index in [0.29, 0.717) is 0 Å². The Hall–Kier alpha value is -1.92. The maximum absolute atomic E-state index is 4.54. The fourth-order valence-electron chi connectivity index (χ4n) is 3.30. The maximum atomic E-state index is 4.54. The van der Waals surface area contributed by atoms with Gasteiger partial charge in [-0.25, -0.2) is 9.50 Å². The Labute approximate surface area is 146 Å². The van der Waals surface area contributed by atoms with Gasteiger partial charge in [0.25, 0.3) is 0 Å². The highest BCUT2D eigenvalue weighted by atomic mass is 32.1. The van der Waals surface area contributed by atoms with Crippen LogP contribution in [-0.4, -0.2) is 39.1 Å². The summed E-state index contributed by atoms with van der Waals surface area (Å²) in [6.07, 6.45) is 4.47. The van der Waals surface area contributed by atoms with Gasteiger partial charge in [-0.05, 0) is 44.3 Å². The molecule has 1 N–H and O–H groups in total. The predicted octanol–water partition coefficient (Wildman–Crippen LogP) is 3.42. The number of hydrogen-bond acceptors (Lipinski definition) is 5. The van der Waals surface area contributed by atoms with Crippen molar-refractivity contribution < 1.29 is 0 Å². The number of nitrogens with one attached hydrogen (secondary N) is 1. The standard InChI is InChI=1S/C18H23N5S/c1-14-12-23-18(20-14)24-17(21-23)19-11-15-7-9-22(10-8-15)13-16-5-3-2-4-6-16/h2-6,12,15H,7-11,13H2,1H3,(H,19,21). The third-order valence-electron chi connectivity index (χ3n) is 4.66. The van der Waals surface area contributed by atoms with Crippen molar-refractivity contribution >= 4 is 21.4 Å². The zero-order valence-electron chi connectivity index (χ0n) is 14.0. The van der Waals surface area contributed by atoms with Gasteiger partial charge >= 0.3 is 0 Å². The normalized spacial score (nSPS) is 16.7. The third kappa shape index (κ3) is 3.60. The molecule has 0 spiro atoms. The Kier molecular flexibility index (Phi) is 4.49. The molecule has 0 saturated carbocycles. The molecule has 5 nitrogen and oxygen atoms in total. The van der Waals surface area contributed by atoms with Crippen LogP contribution in [-0.2, 0) is 6.54 Å². The number of benzene rings is 1. The van der Waals surface area contributed by atoms with Crippen LogP contribution >= 0.6 is 11.3 Å². The van der Waals surface area contributed by atoms with Gasteiger partial charge < -0.3 is 5.32 Å². The van der Waals surface area contributed by atoms with Crippen molar-refractivity contribution in [1.29, 1.82) is 0 Å². The molecule has 1 saturated heterocycles. The highest BCUT2D eigenvalue weighted by molar-refractivity contribution is 7.20. The summed E-state index contributed by atoms with van der Waals surface area (Å²) in [7, 11) is 0. The van der Waals surface area contributed by atoms with Crippen molar-refractivity contribution in [2.24, 2.45) is 5.92 Å². The highest BCUT2D eigenvalue weighted by Crippen LogP contribution is 2.22. The van der Waals surface area contributed by atoms with E-state index < -0.39 is 0 Å². The molecule has 1 fully saturated rings. The van der Waals surface area contributed by atoms with E-state index >= 15 is 0 Å². The van der Waals surface area contributed by atoms with E-state index in [1.807, 2.05) is 17.6 Å². The molecule has 6 heteroatoms. The number of imidazole rings is 1. The molecule has 1 aliphatic heterocycles. The van der Waals surface area contributed by atoms with Crippen molar-refractivity contribution in [3.63, 3.8) is 0 Å². The molecule has 0 bridgehead atoms. The molecule has 0 amide bonds. The number of rotatable bonds is 5. The van der Waals surface area contributed by atoms with Gasteiger partial charge in [-0.1, -0.05) is 41.7 Å². The van der Waals surface area contributed by atoms with Crippen LogP contribution in [0.2, 0.25) is 0 Å². The fourth-order valence-corrected chi connectivity index (χ4v) is 4.14. The van der Waals surface area contributed by atoms with Crippen molar-refractivity contribution in [2.45, 2.75) is 26.3 Å². The molecule has 0 radical (unpaired) electrons.